The highest BCUT2D eigenvalue weighted by Crippen LogP contribution is 2.21. The van der Waals surface area contributed by atoms with Crippen LogP contribution in [0.3, 0.4) is 0 Å². The Bertz CT molecular complexity index is 296. The molecule has 2 heteroatoms. The summed E-state index contributed by atoms with van der Waals surface area (Å²) >= 11 is 0. The maximum Gasteiger partial charge on any atom is 0.124 e. The lowest BCUT2D eigenvalue weighted by Crippen LogP contribution is -2.12. The van der Waals surface area contributed by atoms with E-state index in [9.17, 15) is 0 Å². The van der Waals surface area contributed by atoms with Crippen molar-refractivity contribution in [2.45, 2.75) is 39.8 Å². The Kier molecular flexibility index (Phi) is 3.96. The van der Waals surface area contributed by atoms with E-state index in [0.29, 0.717) is 6.54 Å². The van der Waals surface area contributed by atoms with Gasteiger partial charge in [-0.3, -0.25) is 0 Å². The average Bonchev–Trinajstić information content (AvgIpc) is 2.20. The average molecular weight is 193 g/mol. The van der Waals surface area contributed by atoms with E-state index in [1.165, 1.54) is 5.56 Å². The van der Waals surface area contributed by atoms with Crippen LogP contribution in [-0.2, 0) is 6.54 Å². The van der Waals surface area contributed by atoms with Gasteiger partial charge in [-0.05, 0) is 26.3 Å². The van der Waals surface area contributed by atoms with E-state index in [1.54, 1.807) is 0 Å². The minimum Gasteiger partial charge on any atom is -0.490 e. The van der Waals surface area contributed by atoms with Gasteiger partial charge in [-0.2, -0.15) is 0 Å². The van der Waals surface area contributed by atoms with Crippen LogP contribution in [0, 0.1) is 6.92 Å². The predicted molar refractivity (Wildman–Crippen MR) is 59.5 cm³/mol. The maximum atomic E-state index is 5.76. The van der Waals surface area contributed by atoms with Crippen molar-refractivity contribution in [1.82, 2.24) is 0 Å². The third kappa shape index (κ3) is 2.74. The number of hydrogen-bond donors (Lipinski definition) is 1. The number of hydrogen-bond acceptors (Lipinski definition) is 2. The molecule has 1 unspecified atom stereocenters. The van der Waals surface area contributed by atoms with Crippen molar-refractivity contribution in [3.05, 3.63) is 29.3 Å². The van der Waals surface area contributed by atoms with Crippen LogP contribution in [0.15, 0.2) is 18.2 Å². The Morgan fingerprint density at radius 3 is 2.71 bits per heavy atom. The van der Waals surface area contributed by atoms with Crippen molar-refractivity contribution in [2.24, 2.45) is 5.73 Å². The Hall–Kier alpha value is -1.02. The molecule has 0 bridgehead atoms. The molecule has 1 aromatic rings. The standard InChI is InChI=1S/C12H19NO/c1-4-10(3)14-12-6-5-9(2)7-11(12)8-13/h5-7,10H,4,8,13H2,1-3H3. The Balaban J connectivity index is 2.85. The molecule has 14 heavy (non-hydrogen) atoms. The molecule has 0 aliphatic rings. The monoisotopic (exact) mass is 193 g/mol. The number of benzene rings is 1. The Labute approximate surface area is 86.1 Å². The highest BCUT2D eigenvalue weighted by molar-refractivity contribution is 5.36. The van der Waals surface area contributed by atoms with Gasteiger partial charge in [-0.15, -0.1) is 0 Å². The number of aryl methyl sites for hydroxylation is 1. The fourth-order valence-electron chi connectivity index (χ4n) is 1.28. The first-order valence-corrected chi connectivity index (χ1v) is 5.13. The summed E-state index contributed by atoms with van der Waals surface area (Å²) in [4.78, 5) is 0. The second kappa shape index (κ2) is 5.01. The van der Waals surface area contributed by atoms with Crippen molar-refractivity contribution in [2.75, 3.05) is 0 Å². The minimum atomic E-state index is 0.253. The molecule has 0 radical (unpaired) electrons. The highest BCUT2D eigenvalue weighted by Gasteiger charge is 2.05. The lowest BCUT2D eigenvalue weighted by atomic mass is 10.1. The summed E-state index contributed by atoms with van der Waals surface area (Å²) in [5.41, 5.74) is 7.97. The van der Waals surface area contributed by atoms with Crippen LogP contribution in [0.25, 0.3) is 0 Å². The zero-order valence-electron chi connectivity index (χ0n) is 9.21. The molecule has 2 N–H and O–H groups in total. The molecule has 1 rings (SSSR count). The van der Waals surface area contributed by atoms with Gasteiger partial charge < -0.3 is 10.5 Å². The molecule has 0 fully saturated rings. The van der Waals surface area contributed by atoms with Gasteiger partial charge in [0.25, 0.3) is 0 Å². The molecule has 2 nitrogen and oxygen atoms in total. The van der Waals surface area contributed by atoms with Gasteiger partial charge in [0.2, 0.25) is 0 Å². The van der Waals surface area contributed by atoms with Crippen molar-refractivity contribution in [3.63, 3.8) is 0 Å². The van der Waals surface area contributed by atoms with Gasteiger partial charge in [-0.25, -0.2) is 0 Å². The molecule has 0 aliphatic carbocycles. The van der Waals surface area contributed by atoms with Gasteiger partial charge in [0, 0.05) is 12.1 Å². The number of rotatable bonds is 4. The molecule has 0 spiro atoms. The van der Waals surface area contributed by atoms with Gasteiger partial charge in [0.1, 0.15) is 5.75 Å². The molecule has 0 aliphatic heterocycles. The first kappa shape index (κ1) is 11.1. The van der Waals surface area contributed by atoms with Crippen molar-refractivity contribution in [3.8, 4) is 5.75 Å². The summed E-state index contributed by atoms with van der Waals surface area (Å²) < 4.78 is 5.76. The third-order valence-electron chi connectivity index (χ3n) is 2.34. The molecular formula is C12H19NO. The van der Waals surface area contributed by atoms with Gasteiger partial charge in [0.05, 0.1) is 6.10 Å². The summed E-state index contributed by atoms with van der Waals surface area (Å²) in [5.74, 6) is 0.924. The van der Waals surface area contributed by atoms with Crippen LogP contribution in [0.4, 0.5) is 0 Å². The van der Waals surface area contributed by atoms with Crippen LogP contribution >= 0.6 is 0 Å². The quantitative estimate of drug-likeness (QED) is 0.797. The van der Waals surface area contributed by atoms with E-state index in [-0.39, 0.29) is 6.10 Å². The zero-order valence-corrected chi connectivity index (χ0v) is 9.21. The Morgan fingerprint density at radius 2 is 2.14 bits per heavy atom. The van der Waals surface area contributed by atoms with E-state index in [0.717, 1.165) is 17.7 Å². The highest BCUT2D eigenvalue weighted by atomic mass is 16.5. The molecule has 78 valence electrons. The Morgan fingerprint density at radius 1 is 1.43 bits per heavy atom. The van der Waals surface area contributed by atoms with Crippen LogP contribution < -0.4 is 10.5 Å². The fraction of sp³-hybridized carbons (Fsp3) is 0.500. The van der Waals surface area contributed by atoms with Crippen LogP contribution in [-0.4, -0.2) is 6.10 Å². The van der Waals surface area contributed by atoms with Crippen LogP contribution in [0.1, 0.15) is 31.4 Å². The molecule has 1 aromatic carbocycles. The number of ether oxygens (including phenoxy) is 1. The van der Waals surface area contributed by atoms with Crippen molar-refractivity contribution < 1.29 is 4.74 Å². The van der Waals surface area contributed by atoms with E-state index in [4.69, 9.17) is 10.5 Å². The predicted octanol–water partition coefficient (Wildman–Crippen LogP) is 2.63. The first-order valence-electron chi connectivity index (χ1n) is 5.13. The van der Waals surface area contributed by atoms with Gasteiger partial charge in [0.15, 0.2) is 0 Å². The van der Waals surface area contributed by atoms with E-state index in [1.807, 2.05) is 6.07 Å². The van der Waals surface area contributed by atoms with Gasteiger partial charge in [-0.1, -0.05) is 24.6 Å². The molecule has 0 saturated carbocycles. The lowest BCUT2D eigenvalue weighted by Gasteiger charge is -2.15. The smallest absolute Gasteiger partial charge is 0.124 e. The fourth-order valence-corrected chi connectivity index (χ4v) is 1.28. The largest absolute Gasteiger partial charge is 0.490 e. The van der Waals surface area contributed by atoms with Crippen LogP contribution in [0.5, 0.6) is 5.75 Å². The SMILES string of the molecule is CCC(C)Oc1ccc(C)cc1CN. The third-order valence-corrected chi connectivity index (χ3v) is 2.34. The molecule has 0 amide bonds. The maximum absolute atomic E-state index is 5.76. The summed E-state index contributed by atoms with van der Waals surface area (Å²) in [6.07, 6.45) is 1.26. The van der Waals surface area contributed by atoms with E-state index in [2.05, 4.69) is 32.9 Å². The molecule has 0 heterocycles. The summed E-state index contributed by atoms with van der Waals surface area (Å²) in [7, 11) is 0. The van der Waals surface area contributed by atoms with E-state index < -0.39 is 0 Å². The summed E-state index contributed by atoms with van der Waals surface area (Å²) in [6, 6.07) is 6.14. The van der Waals surface area contributed by atoms with Crippen molar-refractivity contribution >= 4 is 0 Å². The second-order valence-electron chi connectivity index (χ2n) is 3.65. The topological polar surface area (TPSA) is 35.2 Å². The minimum absolute atomic E-state index is 0.253. The first-order chi connectivity index (χ1) is 6.67. The number of nitrogens with two attached hydrogens (primary N) is 1. The lowest BCUT2D eigenvalue weighted by molar-refractivity contribution is 0.215. The second-order valence-corrected chi connectivity index (χ2v) is 3.65. The van der Waals surface area contributed by atoms with Gasteiger partial charge >= 0.3 is 0 Å². The van der Waals surface area contributed by atoms with E-state index >= 15 is 0 Å². The zero-order chi connectivity index (χ0) is 10.6. The molecule has 1 atom stereocenters. The summed E-state index contributed by atoms with van der Waals surface area (Å²) in [5, 5.41) is 0. The molecular weight excluding hydrogens is 174 g/mol. The normalized spacial score (nSPS) is 12.6. The van der Waals surface area contributed by atoms with Crippen LogP contribution in [0.2, 0.25) is 0 Å². The van der Waals surface area contributed by atoms with Crippen molar-refractivity contribution in [1.29, 1.82) is 0 Å². The molecule has 0 aromatic heterocycles. The molecule has 0 saturated heterocycles. The summed E-state index contributed by atoms with van der Waals surface area (Å²) in [6.45, 7) is 6.78.